The largest absolute Gasteiger partial charge is 0.452 e. The highest BCUT2D eigenvalue weighted by molar-refractivity contribution is 6.30. The Morgan fingerprint density at radius 3 is 2.50 bits per heavy atom. The highest BCUT2D eigenvalue weighted by Crippen LogP contribution is 2.33. The van der Waals surface area contributed by atoms with E-state index < -0.39 is 17.6 Å². The molecule has 10 heteroatoms. The summed E-state index contributed by atoms with van der Waals surface area (Å²) in [4.78, 5) is 30.6. The van der Waals surface area contributed by atoms with Crippen LogP contribution in [-0.2, 0) is 26.2 Å². The van der Waals surface area contributed by atoms with E-state index in [9.17, 15) is 14.7 Å². The van der Waals surface area contributed by atoms with Gasteiger partial charge in [0.2, 0.25) is 0 Å². The normalized spacial score (nSPS) is 14.7. The summed E-state index contributed by atoms with van der Waals surface area (Å²) in [6, 6.07) is 15.2. The van der Waals surface area contributed by atoms with Gasteiger partial charge in [-0.25, -0.2) is 4.79 Å². The van der Waals surface area contributed by atoms with E-state index in [1.807, 2.05) is 62.3 Å². The smallest absolute Gasteiger partial charge is 0.332 e. The Bertz CT molecular complexity index is 1320. The number of aromatic nitrogens is 2. The van der Waals surface area contributed by atoms with Crippen LogP contribution in [0.5, 0.6) is 5.75 Å². The van der Waals surface area contributed by atoms with E-state index in [0.717, 1.165) is 17.7 Å². The number of ether oxygens (including phenoxy) is 1. The van der Waals surface area contributed by atoms with Crippen molar-refractivity contribution in [1.82, 2.24) is 14.0 Å². The van der Waals surface area contributed by atoms with E-state index in [4.69, 9.17) is 16.3 Å². The van der Waals surface area contributed by atoms with Crippen molar-refractivity contribution >= 4 is 23.1 Å². The van der Waals surface area contributed by atoms with E-state index in [-0.39, 0.29) is 13.2 Å². The first-order chi connectivity index (χ1) is 17.3. The highest BCUT2D eigenvalue weighted by atomic mass is 35.5. The van der Waals surface area contributed by atoms with Crippen LogP contribution in [0.3, 0.4) is 0 Å². The van der Waals surface area contributed by atoms with E-state index in [2.05, 4.69) is 10.2 Å². The summed E-state index contributed by atoms with van der Waals surface area (Å²) >= 11 is 6.08. The maximum absolute atomic E-state index is 13.6. The summed E-state index contributed by atoms with van der Waals surface area (Å²) in [5.41, 5.74) is 1.55. The molecule has 1 aliphatic heterocycles. The summed E-state index contributed by atoms with van der Waals surface area (Å²) in [5, 5.41) is 13.2. The van der Waals surface area contributed by atoms with E-state index in [1.165, 1.54) is 9.13 Å². The van der Waals surface area contributed by atoms with Crippen LogP contribution in [0.15, 0.2) is 58.1 Å². The average Bonchev–Trinajstić information content (AvgIpc) is 3.18. The standard InChI is InChI=1S/C26H32ClN5O4/c1-4-30-23-22(24(34)31(26(30)35)13-6-14-33)32(17-18-9-11-20(27)12-10-18)25(28-23)36-21-8-5-7-19(15-21)16-29(2)3/h5,7-12,15,25,28,33H,4,6,13-14,16-17H2,1-3H3. The maximum atomic E-state index is 13.6. The third kappa shape index (κ3) is 5.43. The minimum absolute atomic E-state index is 0.114. The van der Waals surface area contributed by atoms with Gasteiger partial charge in [0, 0.05) is 37.8 Å². The molecule has 0 amide bonds. The first-order valence-electron chi connectivity index (χ1n) is 12.0. The van der Waals surface area contributed by atoms with E-state index in [0.29, 0.717) is 41.8 Å². The molecule has 0 saturated heterocycles. The monoisotopic (exact) mass is 513 g/mol. The van der Waals surface area contributed by atoms with Gasteiger partial charge in [0.05, 0.1) is 0 Å². The van der Waals surface area contributed by atoms with Crippen molar-refractivity contribution in [1.29, 1.82) is 0 Å². The van der Waals surface area contributed by atoms with Crippen LogP contribution in [-0.4, -0.2) is 46.2 Å². The Morgan fingerprint density at radius 1 is 1.08 bits per heavy atom. The predicted molar refractivity (Wildman–Crippen MR) is 142 cm³/mol. The number of hydrogen-bond acceptors (Lipinski definition) is 7. The number of fused-ring (bicyclic) bond motifs is 1. The molecule has 2 aromatic carbocycles. The van der Waals surface area contributed by atoms with Crippen LogP contribution < -0.4 is 26.2 Å². The van der Waals surface area contributed by atoms with Crippen molar-refractivity contribution in [2.75, 3.05) is 30.9 Å². The zero-order valence-corrected chi connectivity index (χ0v) is 21.5. The Hall–Kier alpha value is -3.27. The zero-order chi connectivity index (χ0) is 25.8. The number of aliphatic hydroxyl groups is 1. The molecule has 3 aromatic rings. The lowest BCUT2D eigenvalue weighted by Crippen LogP contribution is -2.43. The Morgan fingerprint density at radius 2 is 1.83 bits per heavy atom. The lowest BCUT2D eigenvalue weighted by Gasteiger charge is -2.27. The van der Waals surface area contributed by atoms with Gasteiger partial charge in [-0.1, -0.05) is 35.9 Å². The third-order valence-corrected chi connectivity index (χ3v) is 6.25. The number of nitrogens with zero attached hydrogens (tertiary/aromatic N) is 4. The van der Waals surface area contributed by atoms with Gasteiger partial charge >= 0.3 is 5.69 Å². The summed E-state index contributed by atoms with van der Waals surface area (Å²) in [6.45, 7) is 3.36. The molecule has 0 radical (unpaired) electrons. The van der Waals surface area contributed by atoms with Crippen molar-refractivity contribution in [2.24, 2.45) is 0 Å². The number of benzene rings is 2. The van der Waals surface area contributed by atoms with Crippen LogP contribution in [0.25, 0.3) is 0 Å². The number of hydrogen-bond donors (Lipinski definition) is 2. The summed E-state index contributed by atoms with van der Waals surface area (Å²) < 4.78 is 9.10. The summed E-state index contributed by atoms with van der Waals surface area (Å²) in [7, 11) is 4.00. The van der Waals surface area contributed by atoms with E-state index in [1.54, 1.807) is 12.1 Å². The van der Waals surface area contributed by atoms with Gasteiger partial charge in [-0.05, 0) is 62.8 Å². The summed E-state index contributed by atoms with van der Waals surface area (Å²) in [6.07, 6.45) is -0.412. The number of nitrogens with one attached hydrogen (secondary N) is 1. The molecule has 9 nitrogen and oxygen atoms in total. The van der Waals surface area contributed by atoms with Crippen molar-refractivity contribution < 1.29 is 9.84 Å². The fourth-order valence-corrected chi connectivity index (χ4v) is 4.50. The molecule has 4 rings (SSSR count). The van der Waals surface area contributed by atoms with Gasteiger partial charge < -0.3 is 25.0 Å². The van der Waals surface area contributed by atoms with Gasteiger partial charge in [-0.15, -0.1) is 0 Å². The Balaban J connectivity index is 1.78. The second kappa shape index (κ2) is 11.2. The summed E-state index contributed by atoms with van der Waals surface area (Å²) in [5.74, 6) is 1.07. The molecule has 0 aliphatic carbocycles. The first kappa shape index (κ1) is 25.8. The number of aliphatic hydroxyl groups excluding tert-OH is 1. The first-order valence-corrected chi connectivity index (χ1v) is 12.4. The predicted octanol–water partition coefficient (Wildman–Crippen LogP) is 2.92. The Kier molecular flexibility index (Phi) is 8.03. The van der Waals surface area contributed by atoms with Gasteiger partial charge in [0.25, 0.3) is 11.9 Å². The molecule has 0 spiro atoms. The number of anilines is 2. The zero-order valence-electron chi connectivity index (χ0n) is 20.8. The second-order valence-corrected chi connectivity index (χ2v) is 9.45. The fraction of sp³-hybridized carbons (Fsp3) is 0.385. The van der Waals surface area contributed by atoms with Crippen LogP contribution in [0, 0.1) is 0 Å². The molecule has 1 aliphatic rings. The SMILES string of the molecule is CCn1c2c(c(=O)n(CCCO)c1=O)N(Cc1ccc(Cl)cc1)C(Oc1cccc(CN(C)C)c1)N2. The molecule has 0 fully saturated rings. The third-order valence-electron chi connectivity index (χ3n) is 6.00. The molecule has 192 valence electrons. The van der Waals surface area contributed by atoms with Gasteiger partial charge in [-0.3, -0.25) is 13.9 Å². The van der Waals surface area contributed by atoms with Crippen molar-refractivity contribution in [3.05, 3.63) is 85.5 Å². The topological polar surface area (TPSA) is 92.0 Å². The second-order valence-electron chi connectivity index (χ2n) is 9.01. The lowest BCUT2D eigenvalue weighted by atomic mass is 10.2. The lowest BCUT2D eigenvalue weighted by molar-refractivity contribution is 0.227. The molecule has 36 heavy (non-hydrogen) atoms. The van der Waals surface area contributed by atoms with Gasteiger partial charge in [0.1, 0.15) is 17.3 Å². The molecule has 1 unspecified atom stereocenters. The molecular formula is C26H32ClN5O4. The minimum Gasteiger partial charge on any atom is -0.452 e. The molecule has 0 saturated carbocycles. The molecule has 0 bridgehead atoms. The maximum Gasteiger partial charge on any atom is 0.332 e. The molecule has 1 aromatic heterocycles. The molecule has 2 N–H and O–H groups in total. The van der Waals surface area contributed by atoms with Crippen LogP contribution in [0.4, 0.5) is 11.5 Å². The van der Waals surface area contributed by atoms with Crippen LogP contribution in [0.1, 0.15) is 24.5 Å². The van der Waals surface area contributed by atoms with Crippen LogP contribution >= 0.6 is 11.6 Å². The van der Waals surface area contributed by atoms with Gasteiger partial charge in [0.15, 0.2) is 0 Å². The van der Waals surface area contributed by atoms with Crippen LogP contribution in [0.2, 0.25) is 5.02 Å². The number of rotatable bonds is 10. The van der Waals surface area contributed by atoms with Crippen molar-refractivity contribution in [3.63, 3.8) is 0 Å². The van der Waals surface area contributed by atoms with Crippen molar-refractivity contribution in [3.8, 4) is 5.75 Å². The average molecular weight is 514 g/mol. The quantitative estimate of drug-likeness (QED) is 0.430. The molecule has 1 atom stereocenters. The van der Waals surface area contributed by atoms with Crippen molar-refractivity contribution in [2.45, 2.75) is 45.9 Å². The molecule has 2 heterocycles. The molecular weight excluding hydrogens is 482 g/mol. The minimum atomic E-state index is -0.719. The fourth-order valence-electron chi connectivity index (χ4n) is 4.37. The van der Waals surface area contributed by atoms with E-state index >= 15 is 0 Å². The number of halogens is 1. The highest BCUT2D eigenvalue weighted by Gasteiger charge is 2.37. The van der Waals surface area contributed by atoms with Gasteiger partial charge in [-0.2, -0.15) is 0 Å². The Labute approximate surface area is 215 Å².